The fourth-order valence-corrected chi connectivity index (χ4v) is 4.21. The second kappa shape index (κ2) is 7.46. The van der Waals surface area contributed by atoms with Gasteiger partial charge in [-0.2, -0.15) is 0 Å². The van der Waals surface area contributed by atoms with Crippen molar-refractivity contribution in [2.45, 2.75) is 16.7 Å². The van der Waals surface area contributed by atoms with Crippen LogP contribution in [0, 0.1) is 6.92 Å². The Balaban J connectivity index is 2.57. The Bertz CT molecular complexity index is 851. The van der Waals surface area contributed by atoms with Gasteiger partial charge in [0.2, 0.25) is 0 Å². The molecular formula is C16H16ClNO4S2. The van der Waals surface area contributed by atoms with Crippen molar-refractivity contribution in [3.05, 3.63) is 53.1 Å². The van der Waals surface area contributed by atoms with Gasteiger partial charge in [0.15, 0.2) is 0 Å². The molecule has 8 heteroatoms. The van der Waals surface area contributed by atoms with E-state index in [0.717, 1.165) is 9.20 Å². The van der Waals surface area contributed by atoms with Crippen molar-refractivity contribution in [2.75, 3.05) is 17.1 Å². The molecule has 0 radical (unpaired) electrons. The van der Waals surface area contributed by atoms with Gasteiger partial charge in [0, 0.05) is 9.92 Å². The molecule has 0 aromatic heterocycles. The first-order valence-electron chi connectivity index (χ1n) is 6.91. The van der Waals surface area contributed by atoms with Gasteiger partial charge in [0.05, 0.1) is 10.6 Å². The zero-order chi connectivity index (χ0) is 17.9. The highest BCUT2D eigenvalue weighted by Gasteiger charge is 2.28. The molecule has 0 saturated carbocycles. The number of halogens is 1. The Kier molecular flexibility index (Phi) is 5.79. The third-order valence-corrected chi connectivity index (χ3v) is 6.36. The van der Waals surface area contributed by atoms with Crippen molar-refractivity contribution < 1.29 is 18.3 Å². The van der Waals surface area contributed by atoms with Crippen LogP contribution in [-0.2, 0) is 14.8 Å². The van der Waals surface area contributed by atoms with Gasteiger partial charge in [-0.25, -0.2) is 8.42 Å². The Morgan fingerprint density at radius 3 is 2.38 bits per heavy atom. The molecule has 0 atom stereocenters. The number of rotatable bonds is 6. The second-order valence-corrected chi connectivity index (χ2v) is 8.11. The minimum atomic E-state index is -4.03. The lowest BCUT2D eigenvalue weighted by Crippen LogP contribution is -2.36. The van der Waals surface area contributed by atoms with Gasteiger partial charge in [-0.15, -0.1) is 11.8 Å². The number of carboxylic acid groups (broad SMARTS) is 1. The van der Waals surface area contributed by atoms with Crippen molar-refractivity contribution >= 4 is 45.0 Å². The smallest absolute Gasteiger partial charge is 0.324 e. The van der Waals surface area contributed by atoms with E-state index >= 15 is 0 Å². The third kappa shape index (κ3) is 3.85. The van der Waals surface area contributed by atoms with Crippen molar-refractivity contribution in [1.29, 1.82) is 0 Å². The molecule has 0 spiro atoms. The lowest BCUT2D eigenvalue weighted by atomic mass is 10.2. The summed E-state index contributed by atoms with van der Waals surface area (Å²) in [7, 11) is -4.03. The van der Waals surface area contributed by atoms with Crippen LogP contribution < -0.4 is 4.31 Å². The molecule has 2 aromatic rings. The minimum absolute atomic E-state index is 0.0286. The number of nitrogens with zero attached hydrogens (tertiary/aromatic N) is 1. The Labute approximate surface area is 150 Å². The van der Waals surface area contributed by atoms with Gasteiger partial charge < -0.3 is 5.11 Å². The molecule has 0 aliphatic heterocycles. The van der Waals surface area contributed by atoms with E-state index in [-0.39, 0.29) is 10.6 Å². The van der Waals surface area contributed by atoms with E-state index in [0.29, 0.717) is 10.6 Å². The van der Waals surface area contributed by atoms with Crippen LogP contribution >= 0.6 is 23.4 Å². The molecule has 0 bridgehead atoms. The van der Waals surface area contributed by atoms with Crippen LogP contribution in [0.25, 0.3) is 0 Å². The minimum Gasteiger partial charge on any atom is -0.480 e. The summed E-state index contributed by atoms with van der Waals surface area (Å²) >= 11 is 7.55. The summed E-state index contributed by atoms with van der Waals surface area (Å²) in [6.07, 6.45) is 1.88. The first-order valence-corrected chi connectivity index (χ1v) is 9.95. The van der Waals surface area contributed by atoms with Crippen LogP contribution in [0.4, 0.5) is 5.69 Å². The number of aliphatic carboxylic acids is 1. The van der Waals surface area contributed by atoms with Gasteiger partial charge >= 0.3 is 5.97 Å². The maximum Gasteiger partial charge on any atom is 0.324 e. The molecule has 5 nitrogen and oxygen atoms in total. The molecule has 24 heavy (non-hydrogen) atoms. The van der Waals surface area contributed by atoms with Gasteiger partial charge in [-0.05, 0) is 55.1 Å². The van der Waals surface area contributed by atoms with Gasteiger partial charge in [-0.3, -0.25) is 9.10 Å². The summed E-state index contributed by atoms with van der Waals surface area (Å²) in [5.41, 5.74) is 0.753. The van der Waals surface area contributed by atoms with Gasteiger partial charge in [-0.1, -0.05) is 17.7 Å². The third-order valence-electron chi connectivity index (χ3n) is 3.43. The van der Waals surface area contributed by atoms with Crippen LogP contribution in [-0.4, -0.2) is 32.3 Å². The number of hydrogen-bond donors (Lipinski definition) is 1. The second-order valence-electron chi connectivity index (χ2n) is 4.96. The molecule has 0 heterocycles. The zero-order valence-electron chi connectivity index (χ0n) is 13.1. The van der Waals surface area contributed by atoms with Crippen molar-refractivity contribution in [2.24, 2.45) is 0 Å². The summed E-state index contributed by atoms with van der Waals surface area (Å²) in [5, 5.41) is 9.53. The number of carbonyl (C=O) groups is 1. The van der Waals surface area contributed by atoms with Crippen LogP contribution in [0.2, 0.25) is 5.02 Å². The molecule has 2 aromatic carbocycles. The lowest BCUT2D eigenvalue weighted by molar-refractivity contribution is -0.135. The molecule has 2 rings (SSSR count). The molecule has 0 saturated heterocycles. The Morgan fingerprint density at radius 2 is 1.83 bits per heavy atom. The molecule has 0 aliphatic rings. The van der Waals surface area contributed by atoms with Gasteiger partial charge in [0.25, 0.3) is 10.0 Å². The zero-order valence-corrected chi connectivity index (χ0v) is 15.5. The number of carboxylic acids is 1. The monoisotopic (exact) mass is 385 g/mol. The lowest BCUT2D eigenvalue weighted by Gasteiger charge is -2.24. The van der Waals surface area contributed by atoms with Crippen LogP contribution in [0.1, 0.15) is 5.56 Å². The number of anilines is 1. The highest BCUT2D eigenvalue weighted by Crippen LogP contribution is 2.31. The Hall–Kier alpha value is -1.70. The fraction of sp³-hybridized carbons (Fsp3) is 0.188. The molecule has 0 fully saturated rings. The highest BCUT2D eigenvalue weighted by atomic mass is 35.5. The molecule has 0 amide bonds. The van der Waals surface area contributed by atoms with Crippen molar-refractivity contribution in [3.63, 3.8) is 0 Å². The van der Waals surface area contributed by atoms with Crippen LogP contribution in [0.15, 0.2) is 52.3 Å². The molecular weight excluding hydrogens is 370 g/mol. The fourth-order valence-electron chi connectivity index (χ4n) is 2.16. The van der Waals surface area contributed by atoms with Crippen molar-refractivity contribution in [3.8, 4) is 0 Å². The number of thioether (sulfide) groups is 1. The molecule has 1 N–H and O–H groups in total. The first kappa shape index (κ1) is 18.6. The standard InChI is InChI=1S/C16H16ClNO4S2/c1-11-14(17)4-3-5-15(11)18(10-16(19)20)24(21,22)13-8-6-12(23-2)7-9-13/h3-9H,10H2,1-2H3,(H,19,20). The van der Waals surface area contributed by atoms with E-state index < -0.39 is 22.5 Å². The van der Waals surface area contributed by atoms with Gasteiger partial charge in [0.1, 0.15) is 6.54 Å². The summed E-state index contributed by atoms with van der Waals surface area (Å²) in [6.45, 7) is 0.965. The highest BCUT2D eigenvalue weighted by molar-refractivity contribution is 7.98. The van der Waals surface area contributed by atoms with E-state index in [1.807, 2.05) is 6.26 Å². The number of hydrogen-bond acceptors (Lipinski definition) is 4. The van der Waals surface area contributed by atoms with E-state index in [1.54, 1.807) is 31.2 Å². The summed E-state index contributed by atoms with van der Waals surface area (Å²) in [5.74, 6) is -1.25. The quantitative estimate of drug-likeness (QED) is 0.768. The number of benzene rings is 2. The Morgan fingerprint density at radius 1 is 1.21 bits per heavy atom. The number of sulfonamides is 1. The van der Waals surface area contributed by atoms with E-state index in [2.05, 4.69) is 0 Å². The predicted molar refractivity (Wildman–Crippen MR) is 96.6 cm³/mol. The average molecular weight is 386 g/mol. The predicted octanol–water partition coefficient (Wildman–Crippen LogP) is 3.65. The average Bonchev–Trinajstić information content (AvgIpc) is 2.55. The summed E-state index contributed by atoms with van der Waals surface area (Å²) in [4.78, 5) is 12.2. The van der Waals surface area contributed by atoms with E-state index in [9.17, 15) is 13.2 Å². The maximum atomic E-state index is 12.9. The van der Waals surface area contributed by atoms with Crippen LogP contribution in [0.3, 0.4) is 0 Å². The summed E-state index contributed by atoms with van der Waals surface area (Å²) in [6, 6.07) is 11.1. The van der Waals surface area contributed by atoms with E-state index in [4.69, 9.17) is 16.7 Å². The first-order chi connectivity index (χ1) is 11.3. The normalized spacial score (nSPS) is 11.3. The van der Waals surface area contributed by atoms with E-state index in [1.165, 1.54) is 30.0 Å². The SMILES string of the molecule is CSc1ccc(S(=O)(=O)N(CC(=O)O)c2cccc(Cl)c2C)cc1. The van der Waals surface area contributed by atoms with Crippen LogP contribution in [0.5, 0.6) is 0 Å². The topological polar surface area (TPSA) is 74.7 Å². The van der Waals surface area contributed by atoms with Crippen molar-refractivity contribution in [1.82, 2.24) is 0 Å². The maximum absolute atomic E-state index is 12.9. The summed E-state index contributed by atoms with van der Waals surface area (Å²) < 4.78 is 26.8. The molecule has 0 unspecified atom stereocenters. The largest absolute Gasteiger partial charge is 0.480 e. The molecule has 128 valence electrons. The molecule has 0 aliphatic carbocycles.